The molecule has 3 aromatic rings. The van der Waals surface area contributed by atoms with Crippen LogP contribution in [0.15, 0.2) is 63.8 Å². The van der Waals surface area contributed by atoms with E-state index in [2.05, 4.69) is 5.32 Å². The summed E-state index contributed by atoms with van der Waals surface area (Å²) in [6, 6.07) is 15.2. The first kappa shape index (κ1) is 17.0. The molecule has 0 bridgehead atoms. The van der Waals surface area contributed by atoms with Crippen LogP contribution in [0.2, 0.25) is 5.02 Å². The molecule has 1 atom stereocenters. The van der Waals surface area contributed by atoms with Crippen molar-refractivity contribution >= 4 is 28.5 Å². The van der Waals surface area contributed by atoms with E-state index >= 15 is 0 Å². The Kier molecular flexibility index (Phi) is 5.05. The van der Waals surface area contributed by atoms with Gasteiger partial charge in [0.2, 0.25) is 0 Å². The summed E-state index contributed by atoms with van der Waals surface area (Å²) < 4.78 is 10.6. The van der Waals surface area contributed by atoms with Crippen molar-refractivity contribution in [3.05, 3.63) is 75.6 Å². The van der Waals surface area contributed by atoms with Crippen molar-refractivity contribution in [3.63, 3.8) is 0 Å². The third kappa shape index (κ3) is 4.19. The number of fused-ring (bicyclic) bond motifs is 1. The molecule has 1 N–H and O–H groups in total. The fourth-order valence-electron chi connectivity index (χ4n) is 2.47. The molecule has 2 aromatic carbocycles. The standard InChI is InChI=1S/C19H16ClNO4/c1-12(15-4-2-3-5-16(15)20)21-18(22)11-24-14-8-6-13-7-9-19(23)25-17(13)10-14/h2-10,12H,11H2,1H3,(H,21,22). The zero-order chi connectivity index (χ0) is 17.8. The fraction of sp³-hybridized carbons (Fsp3) is 0.158. The summed E-state index contributed by atoms with van der Waals surface area (Å²) in [5.74, 6) is 0.171. The van der Waals surface area contributed by atoms with E-state index in [1.165, 1.54) is 6.07 Å². The van der Waals surface area contributed by atoms with Crippen molar-refractivity contribution in [2.75, 3.05) is 6.61 Å². The van der Waals surface area contributed by atoms with Gasteiger partial charge in [-0.2, -0.15) is 0 Å². The lowest BCUT2D eigenvalue weighted by molar-refractivity contribution is -0.123. The first-order chi connectivity index (χ1) is 12.0. The molecule has 6 heteroatoms. The highest BCUT2D eigenvalue weighted by Crippen LogP contribution is 2.22. The summed E-state index contributed by atoms with van der Waals surface area (Å²) in [7, 11) is 0. The number of ether oxygens (including phenoxy) is 1. The third-order valence-electron chi connectivity index (χ3n) is 3.71. The number of carbonyl (C=O) groups is 1. The Morgan fingerprint density at radius 3 is 2.76 bits per heavy atom. The maximum absolute atomic E-state index is 12.1. The number of hydrogen-bond donors (Lipinski definition) is 1. The first-order valence-electron chi connectivity index (χ1n) is 7.73. The predicted molar refractivity (Wildman–Crippen MR) is 96.0 cm³/mol. The van der Waals surface area contributed by atoms with Crippen LogP contribution in [-0.2, 0) is 4.79 Å². The van der Waals surface area contributed by atoms with Gasteiger partial charge in [-0.05, 0) is 36.8 Å². The van der Waals surface area contributed by atoms with Crippen LogP contribution in [0.5, 0.6) is 5.75 Å². The third-order valence-corrected chi connectivity index (χ3v) is 4.06. The number of halogens is 1. The molecule has 1 heterocycles. The fourth-order valence-corrected chi connectivity index (χ4v) is 2.77. The highest BCUT2D eigenvalue weighted by atomic mass is 35.5. The molecule has 0 radical (unpaired) electrons. The van der Waals surface area contributed by atoms with Crippen LogP contribution in [0.4, 0.5) is 0 Å². The normalized spacial score (nSPS) is 11.9. The van der Waals surface area contributed by atoms with Gasteiger partial charge in [0.15, 0.2) is 6.61 Å². The lowest BCUT2D eigenvalue weighted by Gasteiger charge is -2.16. The van der Waals surface area contributed by atoms with Crippen molar-refractivity contribution in [1.82, 2.24) is 5.32 Å². The zero-order valence-corrected chi connectivity index (χ0v) is 14.2. The van der Waals surface area contributed by atoms with Crippen molar-refractivity contribution in [1.29, 1.82) is 0 Å². The molecular formula is C19H16ClNO4. The summed E-state index contributed by atoms with van der Waals surface area (Å²) >= 11 is 6.13. The van der Waals surface area contributed by atoms with Gasteiger partial charge in [0.1, 0.15) is 11.3 Å². The summed E-state index contributed by atoms with van der Waals surface area (Å²) in [4.78, 5) is 23.3. The average Bonchev–Trinajstić information content (AvgIpc) is 2.59. The molecular weight excluding hydrogens is 342 g/mol. The van der Waals surface area contributed by atoms with E-state index in [1.54, 1.807) is 30.3 Å². The minimum absolute atomic E-state index is 0.155. The predicted octanol–water partition coefficient (Wildman–Crippen LogP) is 3.70. The van der Waals surface area contributed by atoms with E-state index < -0.39 is 5.63 Å². The maximum atomic E-state index is 12.1. The molecule has 1 aromatic heterocycles. The van der Waals surface area contributed by atoms with Crippen molar-refractivity contribution in [2.24, 2.45) is 0 Å². The highest BCUT2D eigenvalue weighted by molar-refractivity contribution is 6.31. The van der Waals surface area contributed by atoms with Crippen molar-refractivity contribution in [3.8, 4) is 5.75 Å². The molecule has 0 aliphatic carbocycles. The van der Waals surface area contributed by atoms with Crippen LogP contribution in [0.3, 0.4) is 0 Å². The molecule has 0 saturated carbocycles. The topological polar surface area (TPSA) is 68.5 Å². The lowest BCUT2D eigenvalue weighted by atomic mass is 10.1. The molecule has 128 valence electrons. The van der Waals surface area contributed by atoms with Gasteiger partial charge < -0.3 is 14.5 Å². The van der Waals surface area contributed by atoms with Crippen LogP contribution in [0, 0.1) is 0 Å². The molecule has 1 amide bonds. The van der Waals surface area contributed by atoms with Gasteiger partial charge in [-0.25, -0.2) is 4.79 Å². The molecule has 25 heavy (non-hydrogen) atoms. The van der Waals surface area contributed by atoms with Gasteiger partial charge in [0.05, 0.1) is 6.04 Å². The highest BCUT2D eigenvalue weighted by Gasteiger charge is 2.12. The van der Waals surface area contributed by atoms with Crippen molar-refractivity contribution < 1.29 is 13.9 Å². The molecule has 0 spiro atoms. The van der Waals surface area contributed by atoms with Crippen LogP contribution in [0.25, 0.3) is 11.0 Å². The molecule has 0 saturated heterocycles. The second-order valence-corrected chi connectivity index (χ2v) is 5.96. The van der Waals surface area contributed by atoms with E-state index in [9.17, 15) is 9.59 Å². The van der Waals surface area contributed by atoms with Gasteiger partial charge in [0, 0.05) is 22.5 Å². The van der Waals surface area contributed by atoms with E-state index in [0.29, 0.717) is 16.4 Å². The molecule has 3 rings (SSSR count). The minimum Gasteiger partial charge on any atom is -0.484 e. The Labute approximate surface area is 149 Å². The second kappa shape index (κ2) is 7.40. The number of amides is 1. The number of hydrogen-bond acceptors (Lipinski definition) is 4. The number of benzene rings is 2. The smallest absolute Gasteiger partial charge is 0.336 e. The maximum Gasteiger partial charge on any atom is 0.336 e. The van der Waals surface area contributed by atoms with Gasteiger partial charge in [-0.15, -0.1) is 0 Å². The second-order valence-electron chi connectivity index (χ2n) is 5.55. The molecule has 5 nitrogen and oxygen atoms in total. The van der Waals surface area contributed by atoms with Crippen LogP contribution in [-0.4, -0.2) is 12.5 Å². The summed E-state index contributed by atoms with van der Waals surface area (Å²) in [6.45, 7) is 1.70. The molecule has 0 fully saturated rings. The Bertz CT molecular complexity index is 967. The summed E-state index contributed by atoms with van der Waals surface area (Å²) in [6.07, 6.45) is 0. The Hall–Kier alpha value is -2.79. The number of nitrogens with one attached hydrogen (secondary N) is 1. The van der Waals surface area contributed by atoms with Crippen LogP contribution < -0.4 is 15.7 Å². The van der Waals surface area contributed by atoms with E-state index in [0.717, 1.165) is 10.9 Å². The zero-order valence-electron chi connectivity index (χ0n) is 13.5. The van der Waals surface area contributed by atoms with Crippen LogP contribution >= 0.6 is 11.6 Å². The monoisotopic (exact) mass is 357 g/mol. The minimum atomic E-state index is -0.434. The Morgan fingerprint density at radius 1 is 1.20 bits per heavy atom. The van der Waals surface area contributed by atoms with E-state index in [1.807, 2.05) is 25.1 Å². The Balaban J connectivity index is 1.62. The largest absolute Gasteiger partial charge is 0.484 e. The van der Waals surface area contributed by atoms with Gasteiger partial charge >= 0.3 is 5.63 Å². The van der Waals surface area contributed by atoms with E-state index in [-0.39, 0.29) is 18.6 Å². The lowest BCUT2D eigenvalue weighted by Crippen LogP contribution is -2.31. The van der Waals surface area contributed by atoms with E-state index in [4.69, 9.17) is 20.8 Å². The summed E-state index contributed by atoms with van der Waals surface area (Å²) in [5, 5.41) is 4.21. The number of carbonyl (C=O) groups excluding carboxylic acids is 1. The van der Waals surface area contributed by atoms with Crippen molar-refractivity contribution in [2.45, 2.75) is 13.0 Å². The van der Waals surface area contributed by atoms with Crippen LogP contribution in [0.1, 0.15) is 18.5 Å². The average molecular weight is 358 g/mol. The SMILES string of the molecule is CC(NC(=O)COc1ccc2ccc(=O)oc2c1)c1ccccc1Cl. The molecule has 1 unspecified atom stereocenters. The van der Waals surface area contributed by atoms with Gasteiger partial charge in [0.25, 0.3) is 5.91 Å². The number of rotatable bonds is 5. The van der Waals surface area contributed by atoms with Gasteiger partial charge in [-0.3, -0.25) is 4.79 Å². The quantitative estimate of drug-likeness (QED) is 0.707. The Morgan fingerprint density at radius 2 is 1.96 bits per heavy atom. The first-order valence-corrected chi connectivity index (χ1v) is 8.11. The molecule has 0 aliphatic heterocycles. The van der Waals surface area contributed by atoms with Gasteiger partial charge in [-0.1, -0.05) is 29.8 Å². The molecule has 0 aliphatic rings. The summed E-state index contributed by atoms with van der Waals surface area (Å²) in [5.41, 5.74) is 0.816.